The number of aromatic nitrogens is 1. The number of pyridine rings is 1. The van der Waals surface area contributed by atoms with E-state index in [4.69, 9.17) is 4.74 Å². The van der Waals surface area contributed by atoms with Crippen molar-refractivity contribution in [2.45, 2.75) is 24.1 Å². The summed E-state index contributed by atoms with van der Waals surface area (Å²) in [6.07, 6.45) is 4.36. The second-order valence-electron chi connectivity index (χ2n) is 5.91. The third-order valence-electron chi connectivity index (χ3n) is 3.92. The van der Waals surface area contributed by atoms with E-state index in [-0.39, 0.29) is 11.3 Å². The fourth-order valence-corrected chi connectivity index (χ4v) is 3.37. The highest BCUT2D eigenvalue weighted by molar-refractivity contribution is 7.99. The first kappa shape index (κ1) is 14.6. The van der Waals surface area contributed by atoms with E-state index in [2.05, 4.69) is 15.6 Å². The number of rotatable bonds is 6. The molecule has 23 heavy (non-hydrogen) atoms. The molecule has 1 aliphatic carbocycles. The third kappa shape index (κ3) is 3.69. The van der Waals surface area contributed by atoms with Gasteiger partial charge in [-0.05, 0) is 43.0 Å². The number of ether oxygens (including phenoxy) is 1. The minimum atomic E-state index is -0.231. The van der Waals surface area contributed by atoms with Crippen molar-refractivity contribution in [2.75, 3.05) is 17.2 Å². The molecule has 4 nitrogen and oxygen atoms in total. The summed E-state index contributed by atoms with van der Waals surface area (Å²) in [5.41, 5.74) is 2.73. The van der Waals surface area contributed by atoms with Crippen LogP contribution in [0.2, 0.25) is 0 Å². The van der Waals surface area contributed by atoms with Crippen LogP contribution in [-0.4, -0.2) is 17.1 Å². The summed E-state index contributed by atoms with van der Waals surface area (Å²) in [5, 5.41) is 6.58. The molecule has 2 heterocycles. The molecule has 1 fully saturated rings. The zero-order valence-electron chi connectivity index (χ0n) is 12.6. The van der Waals surface area contributed by atoms with Crippen LogP contribution in [0.15, 0.2) is 36.5 Å². The van der Waals surface area contributed by atoms with E-state index in [0.29, 0.717) is 0 Å². The Morgan fingerprint density at radius 3 is 2.91 bits per heavy atom. The Bertz CT molecular complexity index is 708. The lowest BCUT2D eigenvalue weighted by Crippen LogP contribution is -2.17. The largest absolute Gasteiger partial charge is 0.493 e. The maximum absolute atomic E-state index is 13.2. The van der Waals surface area contributed by atoms with Crippen LogP contribution >= 0.6 is 11.8 Å². The molecule has 0 spiro atoms. The number of benzene rings is 1. The number of nitrogens with one attached hydrogen (secondary N) is 2. The first-order chi connectivity index (χ1) is 11.3. The molecular weight excluding hydrogens is 313 g/mol. The summed E-state index contributed by atoms with van der Waals surface area (Å²) < 4.78 is 19.0. The number of fused-ring (bicyclic) bond motifs is 1. The van der Waals surface area contributed by atoms with Crippen LogP contribution in [0, 0.1) is 11.7 Å². The molecule has 6 heteroatoms. The second kappa shape index (κ2) is 6.28. The molecule has 2 aromatic rings. The molecular formula is C17H18FN3OS. The molecule has 0 radical (unpaired) electrons. The van der Waals surface area contributed by atoms with Gasteiger partial charge in [-0.2, -0.15) is 0 Å². The van der Waals surface area contributed by atoms with Gasteiger partial charge in [-0.15, -0.1) is 11.8 Å². The molecule has 4 rings (SSSR count). The lowest BCUT2D eigenvalue weighted by molar-refractivity contribution is 0.299. The van der Waals surface area contributed by atoms with Gasteiger partial charge in [0.05, 0.1) is 23.7 Å². The maximum Gasteiger partial charge on any atom is 0.146 e. The van der Waals surface area contributed by atoms with Crippen LogP contribution in [0.5, 0.6) is 5.75 Å². The molecule has 1 aromatic heterocycles. The minimum Gasteiger partial charge on any atom is -0.493 e. The zero-order chi connectivity index (χ0) is 15.6. The summed E-state index contributed by atoms with van der Waals surface area (Å²) in [6, 6.07) is 8.62. The van der Waals surface area contributed by atoms with E-state index < -0.39 is 0 Å². The lowest BCUT2D eigenvalue weighted by atomic mass is 10.3. The number of nitrogens with zero attached hydrogens (tertiary/aromatic N) is 1. The number of halogens is 1. The summed E-state index contributed by atoms with van der Waals surface area (Å²) in [4.78, 5) is 4.39. The van der Waals surface area contributed by atoms with Gasteiger partial charge < -0.3 is 15.4 Å². The predicted octanol–water partition coefficient (Wildman–Crippen LogP) is 4.06. The van der Waals surface area contributed by atoms with E-state index in [1.807, 2.05) is 12.1 Å². The Labute approximate surface area is 138 Å². The number of anilines is 2. The average molecular weight is 331 g/mol. The Kier molecular flexibility index (Phi) is 3.99. The average Bonchev–Trinajstić information content (AvgIpc) is 3.30. The van der Waals surface area contributed by atoms with Gasteiger partial charge in [0, 0.05) is 18.0 Å². The highest BCUT2D eigenvalue weighted by atomic mass is 32.2. The van der Waals surface area contributed by atoms with Crippen molar-refractivity contribution in [1.29, 1.82) is 0 Å². The predicted molar refractivity (Wildman–Crippen MR) is 91.2 cm³/mol. The van der Waals surface area contributed by atoms with Crippen molar-refractivity contribution >= 4 is 23.1 Å². The van der Waals surface area contributed by atoms with Crippen LogP contribution in [0.3, 0.4) is 0 Å². The van der Waals surface area contributed by atoms with Gasteiger partial charge in [0.15, 0.2) is 0 Å². The van der Waals surface area contributed by atoms with Crippen molar-refractivity contribution < 1.29 is 9.13 Å². The first-order valence-electron chi connectivity index (χ1n) is 7.78. The zero-order valence-corrected chi connectivity index (χ0v) is 13.4. The van der Waals surface area contributed by atoms with Crippen molar-refractivity contribution in [3.05, 3.63) is 48.0 Å². The highest BCUT2D eigenvalue weighted by Crippen LogP contribution is 2.34. The quantitative estimate of drug-likeness (QED) is 0.836. The van der Waals surface area contributed by atoms with E-state index in [9.17, 15) is 4.39 Å². The molecule has 0 saturated heterocycles. The molecule has 1 unspecified atom stereocenters. The van der Waals surface area contributed by atoms with Crippen LogP contribution in [0.25, 0.3) is 0 Å². The van der Waals surface area contributed by atoms with Gasteiger partial charge in [-0.1, -0.05) is 0 Å². The molecule has 0 amide bonds. The molecule has 2 N–H and O–H groups in total. The third-order valence-corrected chi connectivity index (χ3v) is 4.95. The van der Waals surface area contributed by atoms with Gasteiger partial charge in [-0.3, -0.25) is 4.98 Å². The Morgan fingerprint density at radius 2 is 2.04 bits per heavy atom. The molecule has 0 bridgehead atoms. The number of hydrogen-bond donors (Lipinski definition) is 2. The van der Waals surface area contributed by atoms with Crippen LogP contribution in [0.4, 0.5) is 15.8 Å². The number of hydrogen-bond acceptors (Lipinski definition) is 5. The fraction of sp³-hybridized carbons (Fsp3) is 0.353. The molecule has 1 aliphatic heterocycles. The van der Waals surface area contributed by atoms with E-state index in [1.54, 1.807) is 24.0 Å². The lowest BCUT2D eigenvalue weighted by Gasteiger charge is -2.12. The Balaban J connectivity index is 1.32. The molecule has 1 aromatic carbocycles. The van der Waals surface area contributed by atoms with Gasteiger partial charge >= 0.3 is 0 Å². The summed E-state index contributed by atoms with van der Waals surface area (Å²) in [6.45, 7) is 0.809. The van der Waals surface area contributed by atoms with Crippen LogP contribution < -0.4 is 15.4 Å². The number of thioether (sulfide) groups is 1. The van der Waals surface area contributed by atoms with Gasteiger partial charge in [0.25, 0.3) is 0 Å². The summed E-state index contributed by atoms with van der Waals surface area (Å²) in [7, 11) is 0. The SMILES string of the molecule is Fc1ccc2c(c1)NC(SCc1cc(OCC3CC3)ccn1)N2. The molecule has 120 valence electrons. The van der Waals surface area contributed by atoms with Crippen molar-refractivity contribution in [3.63, 3.8) is 0 Å². The normalized spacial score (nSPS) is 18.9. The van der Waals surface area contributed by atoms with Crippen molar-refractivity contribution in [3.8, 4) is 5.75 Å². The standard InChI is InChI=1S/C17H18FN3OS/c18-12-3-4-15-16(7-12)21-17(20-15)23-10-13-8-14(5-6-19-13)22-9-11-1-2-11/h3-8,11,17,20-21H,1-2,9-10H2. The van der Waals surface area contributed by atoms with Crippen LogP contribution in [0.1, 0.15) is 18.5 Å². The van der Waals surface area contributed by atoms with Crippen LogP contribution in [-0.2, 0) is 5.75 Å². The van der Waals surface area contributed by atoms with Gasteiger partial charge in [0.1, 0.15) is 17.1 Å². The molecule has 2 aliphatic rings. The fourth-order valence-electron chi connectivity index (χ4n) is 2.46. The Hall–Kier alpha value is -1.95. The van der Waals surface area contributed by atoms with E-state index in [1.165, 1.54) is 25.0 Å². The topological polar surface area (TPSA) is 46.2 Å². The highest BCUT2D eigenvalue weighted by Gasteiger charge is 2.22. The van der Waals surface area contributed by atoms with Crippen molar-refractivity contribution in [2.24, 2.45) is 5.92 Å². The Morgan fingerprint density at radius 1 is 1.17 bits per heavy atom. The van der Waals surface area contributed by atoms with Gasteiger partial charge in [-0.25, -0.2) is 4.39 Å². The molecule has 1 atom stereocenters. The summed E-state index contributed by atoms with van der Waals surface area (Å²) >= 11 is 1.68. The summed E-state index contributed by atoms with van der Waals surface area (Å²) in [5.74, 6) is 2.15. The van der Waals surface area contributed by atoms with E-state index >= 15 is 0 Å². The smallest absolute Gasteiger partial charge is 0.146 e. The van der Waals surface area contributed by atoms with E-state index in [0.717, 1.165) is 41.1 Å². The molecule has 1 saturated carbocycles. The van der Waals surface area contributed by atoms with Gasteiger partial charge in [0.2, 0.25) is 0 Å². The first-order valence-corrected chi connectivity index (χ1v) is 8.83. The van der Waals surface area contributed by atoms with Crippen molar-refractivity contribution in [1.82, 2.24) is 4.98 Å². The second-order valence-corrected chi connectivity index (χ2v) is 7.00. The maximum atomic E-state index is 13.2. The minimum absolute atomic E-state index is 0.0182. The monoisotopic (exact) mass is 331 g/mol.